The summed E-state index contributed by atoms with van der Waals surface area (Å²) in [7, 11) is 5.38. The molecule has 412 valence electrons. The highest BCUT2D eigenvalue weighted by Crippen LogP contribution is 2.41. The van der Waals surface area contributed by atoms with Crippen molar-refractivity contribution in [2.45, 2.75) is 205 Å². The molecule has 1 aromatic carbocycles. The molecule has 4 heterocycles. The van der Waals surface area contributed by atoms with Crippen molar-refractivity contribution in [3.63, 3.8) is 0 Å². The number of cyclic esters (lactones) is 1. The van der Waals surface area contributed by atoms with E-state index in [1.165, 1.54) is 14.0 Å². The van der Waals surface area contributed by atoms with Gasteiger partial charge >= 0.3 is 5.97 Å². The lowest BCUT2D eigenvalue weighted by molar-refractivity contribution is -0.302. The van der Waals surface area contributed by atoms with Crippen LogP contribution in [0.5, 0.6) is 5.75 Å². The zero-order chi connectivity index (χ0) is 53.6. The predicted molar refractivity (Wildman–Crippen MR) is 272 cm³/mol. The Labute approximate surface area is 432 Å². The minimum atomic E-state index is -1.82. The summed E-state index contributed by atoms with van der Waals surface area (Å²) in [5, 5.41) is 76.6. The van der Waals surface area contributed by atoms with Gasteiger partial charge in [0.25, 0.3) is 0 Å². The number of carbonyl (C=O) groups excluding carboxylic acids is 1. The lowest BCUT2D eigenvalue weighted by Gasteiger charge is -2.49. The van der Waals surface area contributed by atoms with E-state index in [4.69, 9.17) is 28.4 Å². The Balaban J connectivity index is 1.19. The number of likely N-dealkylation sites (N-methyl/N-ethyl adjacent to an activating group) is 2. The predicted octanol–water partition coefficient (Wildman–Crippen LogP) is 3.82. The fourth-order valence-electron chi connectivity index (χ4n) is 11.6. The van der Waals surface area contributed by atoms with Crippen LogP contribution in [0, 0.1) is 23.7 Å². The molecule has 5 N–H and O–H groups in total. The maximum Gasteiger partial charge on any atom is 0.311 e. The maximum absolute atomic E-state index is 14.5. The summed E-state index contributed by atoms with van der Waals surface area (Å²) in [6.07, 6.45) is -0.108. The van der Waals surface area contributed by atoms with Gasteiger partial charge in [0, 0.05) is 70.2 Å². The quantitative estimate of drug-likeness (QED) is 0.101. The van der Waals surface area contributed by atoms with Gasteiger partial charge in [-0.1, -0.05) is 38.1 Å². The van der Waals surface area contributed by atoms with Gasteiger partial charge in [0.1, 0.15) is 29.7 Å². The molecule has 6 rings (SSSR count). The molecule has 1 aliphatic carbocycles. The van der Waals surface area contributed by atoms with E-state index < -0.39 is 95.8 Å². The molecule has 3 fully saturated rings. The van der Waals surface area contributed by atoms with E-state index in [0.29, 0.717) is 39.1 Å². The van der Waals surface area contributed by atoms with Crippen LogP contribution in [0.4, 0.5) is 0 Å². The van der Waals surface area contributed by atoms with Crippen LogP contribution in [0.2, 0.25) is 0 Å². The minimum Gasteiger partial charge on any atom is -0.494 e. The molecule has 18 atom stereocenters. The van der Waals surface area contributed by atoms with Gasteiger partial charge in [-0.2, -0.15) is 0 Å². The first kappa shape index (κ1) is 58.6. The minimum absolute atomic E-state index is 0.128. The van der Waals surface area contributed by atoms with E-state index in [1.54, 1.807) is 51.7 Å². The number of rotatable bonds is 16. The van der Waals surface area contributed by atoms with Crippen molar-refractivity contribution in [1.29, 1.82) is 0 Å². The number of aliphatic hydroxyl groups excluding tert-OH is 3. The molecular weight excluding hydrogens is 941 g/mol. The van der Waals surface area contributed by atoms with Crippen LogP contribution >= 0.6 is 0 Å². The molecule has 20 heteroatoms. The lowest BCUT2D eigenvalue weighted by Crippen LogP contribution is -2.60. The first-order valence-electron chi connectivity index (χ1n) is 26.5. The number of aromatic nitrogens is 6. The van der Waals surface area contributed by atoms with Crippen molar-refractivity contribution in [3.05, 3.63) is 48.5 Å². The first-order valence-corrected chi connectivity index (χ1v) is 26.5. The smallest absolute Gasteiger partial charge is 0.311 e. The molecule has 0 bridgehead atoms. The summed E-state index contributed by atoms with van der Waals surface area (Å²) in [5.74, 6) is -1.67. The van der Waals surface area contributed by atoms with Crippen LogP contribution in [0.15, 0.2) is 42.9 Å². The topological polar surface area (TPSA) is 241 Å². The SMILES string of the molecule is CC[C@H]1OC(=O)[C@H](C)[C@@H](O[C@H]2C[C@@](C)(OC)[C@@H](O)[C@H](C)O2)[C@H](C)[C@@H](O[C@@H]2C[C@H](C)C[C@H](N(C)CCc3cn(CCCOc4ccc(-n5ccnn5)cc4)nn3)[C@H]2O)[C@](C)(O)C[C@@H](C)CN(C)[C@H](C)[C@@H](O)[C@]1(C)O. The van der Waals surface area contributed by atoms with Crippen molar-refractivity contribution in [2.24, 2.45) is 23.7 Å². The molecule has 20 nitrogen and oxygen atoms in total. The van der Waals surface area contributed by atoms with Gasteiger partial charge in [-0.15, -0.1) is 10.2 Å². The monoisotopic (exact) mass is 1030 g/mol. The number of carbonyl (C=O) groups is 1. The summed E-state index contributed by atoms with van der Waals surface area (Å²) < 4.78 is 41.7. The second kappa shape index (κ2) is 25.0. The van der Waals surface area contributed by atoms with Gasteiger partial charge in [0.05, 0.1) is 78.0 Å². The van der Waals surface area contributed by atoms with Gasteiger partial charge in [-0.25, -0.2) is 4.68 Å². The van der Waals surface area contributed by atoms with E-state index >= 15 is 0 Å². The van der Waals surface area contributed by atoms with Crippen LogP contribution < -0.4 is 4.74 Å². The molecule has 3 aliphatic rings. The number of esters is 1. The zero-order valence-corrected chi connectivity index (χ0v) is 45.7. The van der Waals surface area contributed by atoms with E-state index in [-0.39, 0.29) is 37.1 Å². The number of hydrogen-bond acceptors (Lipinski definition) is 18. The summed E-state index contributed by atoms with van der Waals surface area (Å²) >= 11 is 0. The fourth-order valence-corrected chi connectivity index (χ4v) is 11.6. The van der Waals surface area contributed by atoms with E-state index in [0.717, 1.165) is 30.0 Å². The Hall–Kier alpha value is -3.67. The summed E-state index contributed by atoms with van der Waals surface area (Å²) in [5.41, 5.74) is -2.68. The van der Waals surface area contributed by atoms with Crippen LogP contribution in [0.3, 0.4) is 0 Å². The fraction of sp³-hybridized carbons (Fsp3) is 0.792. The number of nitrogens with zero attached hydrogens (tertiary/aromatic N) is 8. The van der Waals surface area contributed by atoms with Crippen molar-refractivity contribution in [2.75, 3.05) is 40.9 Å². The summed E-state index contributed by atoms with van der Waals surface area (Å²) in [4.78, 5) is 18.6. The molecular formula is C53H88N8O12. The Morgan fingerprint density at radius 3 is 2.30 bits per heavy atom. The highest BCUT2D eigenvalue weighted by atomic mass is 16.7. The van der Waals surface area contributed by atoms with E-state index in [2.05, 4.69) is 32.4 Å². The van der Waals surface area contributed by atoms with Crippen LogP contribution in [0.25, 0.3) is 5.69 Å². The third kappa shape index (κ3) is 14.2. The molecule has 2 aromatic heterocycles. The Bertz CT molecular complexity index is 2150. The van der Waals surface area contributed by atoms with Crippen molar-refractivity contribution >= 4 is 5.97 Å². The zero-order valence-electron chi connectivity index (χ0n) is 45.7. The van der Waals surface area contributed by atoms with Gasteiger partial charge in [0.2, 0.25) is 0 Å². The van der Waals surface area contributed by atoms with Crippen molar-refractivity contribution in [1.82, 2.24) is 39.8 Å². The summed E-state index contributed by atoms with van der Waals surface area (Å²) in [6.45, 7) is 20.3. The van der Waals surface area contributed by atoms with Gasteiger partial charge in [0.15, 0.2) is 6.29 Å². The highest BCUT2D eigenvalue weighted by Gasteiger charge is 2.52. The average molecular weight is 1030 g/mol. The van der Waals surface area contributed by atoms with Crippen molar-refractivity contribution in [3.8, 4) is 11.4 Å². The molecule has 2 aliphatic heterocycles. The van der Waals surface area contributed by atoms with Crippen LogP contribution in [-0.4, -0.2) is 196 Å². The second-order valence-electron chi connectivity index (χ2n) is 22.5. The third-order valence-corrected chi connectivity index (χ3v) is 16.2. The van der Waals surface area contributed by atoms with Gasteiger partial charge < -0.3 is 63.8 Å². The highest BCUT2D eigenvalue weighted by molar-refractivity contribution is 5.73. The van der Waals surface area contributed by atoms with Crippen molar-refractivity contribution < 1.29 is 58.7 Å². The Morgan fingerprint density at radius 1 is 0.932 bits per heavy atom. The van der Waals surface area contributed by atoms with Crippen LogP contribution in [-0.2, 0) is 41.4 Å². The van der Waals surface area contributed by atoms with Gasteiger partial charge in [-0.05, 0) is 117 Å². The Kier molecular flexibility index (Phi) is 20.1. The number of aryl methyl sites for hydroxylation is 1. The molecule has 0 amide bonds. The summed E-state index contributed by atoms with van der Waals surface area (Å²) in [6, 6.07) is 6.82. The van der Waals surface area contributed by atoms with E-state index in [9.17, 15) is 30.3 Å². The molecule has 0 spiro atoms. The first-order chi connectivity index (χ1) is 34.4. The molecule has 2 saturated heterocycles. The number of hydrogen-bond donors (Lipinski definition) is 5. The molecule has 73 heavy (non-hydrogen) atoms. The third-order valence-electron chi connectivity index (χ3n) is 16.2. The standard InChI is InChI=1S/C53H88N8O12/c1-14-43-53(10,67)47(63)36(6)59(12)30-33(3)28-51(8,66)49(34(4)46(35(5)50(65)72-43)73-44-29-52(9,68-13)48(64)37(7)70-44)71-42-27-32(2)26-41(45(42)62)58(11)23-20-38-31-60(57-55-38)22-15-25-69-40-18-16-39(17-19-40)61-24-21-54-56-61/h16-19,21,24,31-37,41-49,62-64,66-67H,14-15,20,22-23,25-30H2,1-13H3/t32-,33-,34+,35-,36-,37+,41+,42-,43-,44+,45-,46+,47-,48+,49-,51-,52-,53-/m1/s1. The molecule has 0 radical (unpaired) electrons. The number of methoxy groups -OCH3 is 1. The maximum atomic E-state index is 14.5. The largest absolute Gasteiger partial charge is 0.494 e. The van der Waals surface area contributed by atoms with Crippen LogP contribution in [0.1, 0.15) is 113 Å². The number of benzene rings is 1. The number of aliphatic hydroxyl groups is 5. The Morgan fingerprint density at radius 2 is 1.64 bits per heavy atom. The second-order valence-corrected chi connectivity index (χ2v) is 22.5. The normalized spacial score (nSPS) is 38.7. The molecule has 1 saturated carbocycles. The lowest BCUT2D eigenvalue weighted by atomic mass is 9.76. The number of ether oxygens (including phenoxy) is 6. The molecule has 0 unspecified atom stereocenters. The average Bonchev–Trinajstić information content (AvgIpc) is 4.06. The van der Waals surface area contributed by atoms with Gasteiger partial charge in [-0.3, -0.25) is 9.48 Å². The van der Waals surface area contributed by atoms with E-state index in [1.807, 2.05) is 74.9 Å². The molecule has 3 aromatic rings.